The van der Waals surface area contributed by atoms with Gasteiger partial charge in [-0.05, 0) is 38.1 Å². The molecule has 0 fully saturated rings. The van der Waals surface area contributed by atoms with Crippen LogP contribution in [0.4, 0.5) is 0 Å². The number of ether oxygens (including phenoxy) is 1. The fourth-order valence-electron chi connectivity index (χ4n) is 2.45. The van der Waals surface area contributed by atoms with Crippen molar-refractivity contribution < 1.29 is 13.9 Å². The summed E-state index contributed by atoms with van der Waals surface area (Å²) in [6.07, 6.45) is 1.58. The van der Waals surface area contributed by atoms with E-state index in [0.29, 0.717) is 22.5 Å². The molecule has 0 aliphatic heterocycles. The van der Waals surface area contributed by atoms with Crippen LogP contribution in [0.5, 0.6) is 5.75 Å². The average Bonchev–Trinajstić information content (AvgIpc) is 3.28. The number of para-hydroxylation sites is 2. The zero-order chi connectivity index (χ0) is 18.5. The van der Waals surface area contributed by atoms with Crippen LogP contribution in [0.3, 0.4) is 0 Å². The fraction of sp³-hybridized carbons (Fsp3) is 0.278. The molecule has 0 atom stereocenters. The number of nitrogens with zero attached hydrogens (tertiary/aromatic N) is 3. The highest BCUT2D eigenvalue weighted by atomic mass is 32.2. The second-order valence-corrected chi connectivity index (χ2v) is 6.74. The Morgan fingerprint density at radius 1 is 1.27 bits per heavy atom. The van der Waals surface area contributed by atoms with Crippen LogP contribution in [0, 0.1) is 0 Å². The van der Waals surface area contributed by atoms with Crippen LogP contribution in [0.2, 0.25) is 0 Å². The van der Waals surface area contributed by atoms with Gasteiger partial charge in [-0.1, -0.05) is 23.9 Å². The number of hydrogen-bond acceptors (Lipinski definition) is 6. The van der Waals surface area contributed by atoms with E-state index in [-0.39, 0.29) is 17.7 Å². The number of nitrogens with one attached hydrogen (secondary N) is 1. The van der Waals surface area contributed by atoms with E-state index in [2.05, 4.69) is 15.5 Å². The lowest BCUT2D eigenvalue weighted by Gasteiger charge is -2.13. The molecule has 3 rings (SSSR count). The molecule has 0 saturated heterocycles. The minimum Gasteiger partial charge on any atom is -0.495 e. The van der Waals surface area contributed by atoms with Gasteiger partial charge in [-0.15, -0.1) is 10.2 Å². The van der Waals surface area contributed by atoms with Gasteiger partial charge in [0.05, 0.1) is 24.8 Å². The molecule has 26 heavy (non-hydrogen) atoms. The number of hydrogen-bond donors (Lipinski definition) is 1. The van der Waals surface area contributed by atoms with Crippen LogP contribution in [-0.4, -0.2) is 39.6 Å². The number of methoxy groups -OCH3 is 1. The number of rotatable bonds is 7. The standard InChI is InChI=1S/C18H20N4O3S/c1-12(2)19-16(23)11-26-18-21-20-17(15-9-6-10-25-15)22(18)13-7-4-5-8-14(13)24-3/h4-10,12H,11H2,1-3H3,(H,19,23). The van der Waals surface area contributed by atoms with E-state index in [4.69, 9.17) is 9.15 Å². The van der Waals surface area contributed by atoms with Crippen molar-refractivity contribution in [1.82, 2.24) is 20.1 Å². The molecule has 2 heterocycles. The van der Waals surface area contributed by atoms with Crippen LogP contribution < -0.4 is 10.1 Å². The maximum absolute atomic E-state index is 12.0. The van der Waals surface area contributed by atoms with E-state index >= 15 is 0 Å². The molecule has 0 spiro atoms. The Labute approximate surface area is 155 Å². The Morgan fingerprint density at radius 3 is 2.77 bits per heavy atom. The highest BCUT2D eigenvalue weighted by Crippen LogP contribution is 2.32. The van der Waals surface area contributed by atoms with Crippen molar-refractivity contribution in [3.8, 4) is 23.0 Å². The van der Waals surface area contributed by atoms with E-state index < -0.39 is 0 Å². The molecule has 0 bridgehead atoms. The third kappa shape index (κ3) is 3.91. The van der Waals surface area contributed by atoms with Crippen molar-refractivity contribution in [2.45, 2.75) is 25.0 Å². The van der Waals surface area contributed by atoms with Gasteiger partial charge in [-0.25, -0.2) is 0 Å². The first kappa shape index (κ1) is 18.1. The molecular formula is C18H20N4O3S. The molecule has 1 N–H and O–H groups in total. The number of amides is 1. The first-order chi connectivity index (χ1) is 12.6. The molecule has 0 aliphatic carbocycles. The minimum atomic E-state index is -0.0564. The molecule has 0 aliphatic rings. The van der Waals surface area contributed by atoms with Crippen LogP contribution in [-0.2, 0) is 4.79 Å². The average molecular weight is 372 g/mol. The van der Waals surface area contributed by atoms with Crippen LogP contribution in [0.1, 0.15) is 13.8 Å². The Morgan fingerprint density at radius 2 is 2.08 bits per heavy atom. The van der Waals surface area contributed by atoms with Crippen LogP contribution >= 0.6 is 11.8 Å². The summed E-state index contributed by atoms with van der Waals surface area (Å²) >= 11 is 1.31. The van der Waals surface area contributed by atoms with Gasteiger partial charge in [0.2, 0.25) is 11.7 Å². The maximum atomic E-state index is 12.0. The summed E-state index contributed by atoms with van der Waals surface area (Å²) < 4.78 is 12.8. The lowest BCUT2D eigenvalue weighted by molar-refractivity contribution is -0.119. The zero-order valence-electron chi connectivity index (χ0n) is 14.8. The summed E-state index contributed by atoms with van der Waals surface area (Å²) in [5.74, 6) is 1.99. The van der Waals surface area contributed by atoms with Crippen LogP contribution in [0.25, 0.3) is 17.3 Å². The number of carbonyl (C=O) groups excluding carboxylic acids is 1. The highest BCUT2D eigenvalue weighted by molar-refractivity contribution is 7.99. The van der Waals surface area contributed by atoms with E-state index in [1.165, 1.54) is 11.8 Å². The molecule has 3 aromatic rings. The normalized spacial score (nSPS) is 10.9. The SMILES string of the molecule is COc1ccccc1-n1c(SCC(=O)NC(C)C)nnc1-c1ccco1. The van der Waals surface area contributed by atoms with E-state index in [9.17, 15) is 4.79 Å². The van der Waals surface area contributed by atoms with Crippen molar-refractivity contribution in [2.75, 3.05) is 12.9 Å². The lowest BCUT2D eigenvalue weighted by Crippen LogP contribution is -2.31. The van der Waals surface area contributed by atoms with Crippen molar-refractivity contribution in [3.05, 3.63) is 42.7 Å². The monoisotopic (exact) mass is 372 g/mol. The molecule has 0 saturated carbocycles. The number of furan rings is 1. The van der Waals surface area contributed by atoms with Gasteiger partial charge in [-0.2, -0.15) is 0 Å². The topological polar surface area (TPSA) is 82.2 Å². The predicted molar refractivity (Wildman–Crippen MR) is 99.6 cm³/mol. The van der Waals surface area contributed by atoms with E-state index in [1.54, 1.807) is 19.4 Å². The Hall–Kier alpha value is -2.74. The van der Waals surface area contributed by atoms with Crippen molar-refractivity contribution in [3.63, 3.8) is 0 Å². The van der Waals surface area contributed by atoms with Gasteiger partial charge >= 0.3 is 0 Å². The van der Waals surface area contributed by atoms with E-state index in [1.807, 2.05) is 48.7 Å². The second kappa shape index (κ2) is 8.09. The Bertz CT molecular complexity index is 874. The fourth-order valence-corrected chi connectivity index (χ4v) is 3.21. The smallest absolute Gasteiger partial charge is 0.230 e. The molecular weight excluding hydrogens is 352 g/mol. The van der Waals surface area contributed by atoms with Crippen molar-refractivity contribution in [2.24, 2.45) is 0 Å². The quantitative estimate of drug-likeness (QED) is 0.642. The first-order valence-electron chi connectivity index (χ1n) is 8.15. The molecule has 136 valence electrons. The summed E-state index contributed by atoms with van der Waals surface area (Å²) in [4.78, 5) is 12.0. The van der Waals surface area contributed by atoms with Gasteiger partial charge < -0.3 is 14.5 Å². The summed E-state index contributed by atoms with van der Waals surface area (Å²) in [6, 6.07) is 11.3. The number of thioether (sulfide) groups is 1. The first-order valence-corrected chi connectivity index (χ1v) is 9.13. The molecule has 0 unspecified atom stereocenters. The summed E-state index contributed by atoms with van der Waals surface area (Å²) in [6.45, 7) is 3.85. The largest absolute Gasteiger partial charge is 0.495 e. The van der Waals surface area contributed by atoms with Gasteiger partial charge in [0, 0.05) is 6.04 Å². The van der Waals surface area contributed by atoms with Crippen LogP contribution in [0.15, 0.2) is 52.2 Å². The predicted octanol–water partition coefficient (Wildman–Crippen LogP) is 3.15. The molecule has 2 aromatic heterocycles. The third-order valence-electron chi connectivity index (χ3n) is 3.48. The van der Waals surface area contributed by atoms with Crippen molar-refractivity contribution >= 4 is 17.7 Å². The van der Waals surface area contributed by atoms with E-state index in [0.717, 1.165) is 5.69 Å². The summed E-state index contributed by atoms with van der Waals surface area (Å²) in [7, 11) is 1.61. The van der Waals surface area contributed by atoms with Gasteiger partial charge in [-0.3, -0.25) is 9.36 Å². The summed E-state index contributed by atoms with van der Waals surface area (Å²) in [5.41, 5.74) is 0.776. The summed E-state index contributed by atoms with van der Waals surface area (Å²) in [5, 5.41) is 12.0. The highest BCUT2D eigenvalue weighted by Gasteiger charge is 2.21. The number of benzene rings is 1. The van der Waals surface area contributed by atoms with Gasteiger partial charge in [0.25, 0.3) is 0 Å². The zero-order valence-corrected chi connectivity index (χ0v) is 15.6. The second-order valence-electron chi connectivity index (χ2n) is 5.80. The lowest BCUT2D eigenvalue weighted by atomic mass is 10.3. The molecule has 1 aromatic carbocycles. The molecule has 7 nitrogen and oxygen atoms in total. The Kier molecular flexibility index (Phi) is 5.62. The number of aromatic nitrogens is 3. The third-order valence-corrected chi connectivity index (χ3v) is 4.41. The molecule has 8 heteroatoms. The van der Waals surface area contributed by atoms with Gasteiger partial charge in [0.15, 0.2) is 10.9 Å². The Balaban J connectivity index is 1.99. The maximum Gasteiger partial charge on any atom is 0.230 e. The van der Waals surface area contributed by atoms with Gasteiger partial charge in [0.1, 0.15) is 5.75 Å². The molecule has 1 amide bonds. The van der Waals surface area contributed by atoms with Crippen molar-refractivity contribution in [1.29, 1.82) is 0 Å². The minimum absolute atomic E-state index is 0.0564. The number of carbonyl (C=O) groups is 1. The molecule has 0 radical (unpaired) electrons.